The number of carbonyl (C=O) groups excluding carboxylic acids is 1. The lowest BCUT2D eigenvalue weighted by Gasteiger charge is -2.37. The molecule has 0 spiro atoms. The van der Waals surface area contributed by atoms with E-state index in [2.05, 4.69) is 39.5 Å². The molecule has 2 heterocycles. The molecule has 6 nitrogen and oxygen atoms in total. The van der Waals surface area contributed by atoms with Gasteiger partial charge in [0, 0.05) is 42.0 Å². The summed E-state index contributed by atoms with van der Waals surface area (Å²) in [5.74, 6) is -0.0870. The SMILES string of the molecule is O=C(NC[C@]1(c2ccccc2)CC[C@H](O)[C@@H](N2CCOCC2)CC1)c1cc2ccccc2[nH]1. The largest absolute Gasteiger partial charge is 0.391 e. The smallest absolute Gasteiger partial charge is 0.267 e. The predicted molar refractivity (Wildman–Crippen MR) is 129 cm³/mol. The van der Waals surface area contributed by atoms with E-state index in [9.17, 15) is 9.90 Å². The standard InChI is InChI=1S/C27H33N3O3/c31-25-11-13-27(21-7-2-1-3-8-21,12-10-24(25)30-14-16-33-17-15-30)19-28-26(32)23-18-20-6-4-5-9-22(20)29-23/h1-9,18,24-25,29,31H,10-17,19H2,(H,28,32)/t24-,25-,27+/m0/s1. The van der Waals surface area contributed by atoms with E-state index in [-0.39, 0.29) is 23.5 Å². The van der Waals surface area contributed by atoms with Gasteiger partial charge in [0.15, 0.2) is 0 Å². The summed E-state index contributed by atoms with van der Waals surface area (Å²) in [7, 11) is 0. The van der Waals surface area contributed by atoms with Gasteiger partial charge in [0.05, 0.1) is 19.3 Å². The van der Waals surface area contributed by atoms with Crippen LogP contribution in [0.1, 0.15) is 41.7 Å². The number of aliphatic hydroxyl groups is 1. The van der Waals surface area contributed by atoms with Gasteiger partial charge >= 0.3 is 0 Å². The van der Waals surface area contributed by atoms with Gasteiger partial charge < -0.3 is 20.1 Å². The Morgan fingerprint density at radius 2 is 1.79 bits per heavy atom. The molecule has 1 aliphatic carbocycles. The Morgan fingerprint density at radius 3 is 2.58 bits per heavy atom. The van der Waals surface area contributed by atoms with E-state index < -0.39 is 0 Å². The highest BCUT2D eigenvalue weighted by Crippen LogP contribution is 2.39. The molecule has 2 aliphatic rings. The molecule has 3 N–H and O–H groups in total. The second-order valence-electron chi connectivity index (χ2n) is 9.46. The number of hydrogen-bond donors (Lipinski definition) is 3. The van der Waals surface area contributed by atoms with Crippen LogP contribution in [-0.4, -0.2) is 65.9 Å². The quantitative estimate of drug-likeness (QED) is 0.524. The molecular formula is C27H33N3O3. The second kappa shape index (κ2) is 9.67. The van der Waals surface area contributed by atoms with E-state index in [1.807, 2.05) is 36.4 Å². The number of benzene rings is 2. The van der Waals surface area contributed by atoms with Crippen LogP contribution in [0.25, 0.3) is 10.9 Å². The number of carbonyl (C=O) groups is 1. The molecule has 5 rings (SSSR count). The van der Waals surface area contributed by atoms with Crippen LogP contribution in [0, 0.1) is 0 Å². The van der Waals surface area contributed by atoms with Crippen LogP contribution >= 0.6 is 0 Å². The first-order valence-corrected chi connectivity index (χ1v) is 12.1. The molecule has 33 heavy (non-hydrogen) atoms. The lowest BCUT2D eigenvalue weighted by molar-refractivity contribution is -0.0236. The number of ether oxygens (including phenoxy) is 1. The first-order chi connectivity index (χ1) is 16.1. The minimum Gasteiger partial charge on any atom is -0.391 e. The Labute approximate surface area is 194 Å². The highest BCUT2D eigenvalue weighted by atomic mass is 16.5. The van der Waals surface area contributed by atoms with E-state index in [0.717, 1.165) is 62.9 Å². The molecule has 1 saturated heterocycles. The van der Waals surface area contributed by atoms with Crippen molar-refractivity contribution in [3.8, 4) is 0 Å². The van der Waals surface area contributed by atoms with Crippen molar-refractivity contribution in [2.24, 2.45) is 0 Å². The number of rotatable bonds is 5. The topological polar surface area (TPSA) is 77.6 Å². The normalized spacial score (nSPS) is 26.7. The number of hydrogen-bond acceptors (Lipinski definition) is 4. The van der Waals surface area contributed by atoms with Gasteiger partial charge in [-0.15, -0.1) is 0 Å². The molecule has 3 aromatic rings. The zero-order valence-corrected chi connectivity index (χ0v) is 19.0. The number of aromatic amines is 1. The van der Waals surface area contributed by atoms with Crippen molar-refractivity contribution in [1.29, 1.82) is 0 Å². The summed E-state index contributed by atoms with van der Waals surface area (Å²) in [6.07, 6.45) is 3.02. The highest BCUT2D eigenvalue weighted by Gasteiger charge is 2.40. The van der Waals surface area contributed by atoms with Crippen LogP contribution < -0.4 is 5.32 Å². The maximum Gasteiger partial charge on any atom is 0.267 e. The summed E-state index contributed by atoms with van der Waals surface area (Å²) >= 11 is 0. The summed E-state index contributed by atoms with van der Waals surface area (Å²) in [6, 6.07) is 20.5. The van der Waals surface area contributed by atoms with E-state index >= 15 is 0 Å². The van der Waals surface area contributed by atoms with Gasteiger partial charge in [-0.2, -0.15) is 0 Å². The third-order valence-electron chi connectivity index (χ3n) is 7.54. The summed E-state index contributed by atoms with van der Waals surface area (Å²) in [6.45, 7) is 3.75. The van der Waals surface area contributed by atoms with Gasteiger partial charge in [-0.05, 0) is 43.4 Å². The zero-order chi connectivity index (χ0) is 22.7. The molecule has 6 heteroatoms. The molecule has 174 valence electrons. The molecule has 1 aromatic heterocycles. The first-order valence-electron chi connectivity index (χ1n) is 12.1. The molecule has 0 radical (unpaired) electrons. The Hall–Kier alpha value is -2.67. The van der Waals surface area contributed by atoms with E-state index in [1.165, 1.54) is 5.56 Å². The molecule has 2 aromatic carbocycles. The van der Waals surface area contributed by atoms with Gasteiger partial charge in [-0.3, -0.25) is 9.69 Å². The number of H-pyrrole nitrogens is 1. The number of nitrogens with one attached hydrogen (secondary N) is 2. The fourth-order valence-corrected chi connectivity index (χ4v) is 5.59. The average Bonchev–Trinajstić information content (AvgIpc) is 3.23. The van der Waals surface area contributed by atoms with Crippen molar-refractivity contribution in [3.05, 3.63) is 71.9 Å². The first kappa shape index (κ1) is 22.1. The number of fused-ring (bicyclic) bond motifs is 1. The summed E-state index contributed by atoms with van der Waals surface area (Å²) in [5.41, 5.74) is 2.58. The predicted octanol–water partition coefficient (Wildman–Crippen LogP) is 3.47. The van der Waals surface area contributed by atoms with Crippen LogP contribution in [0.2, 0.25) is 0 Å². The third kappa shape index (κ3) is 4.69. The van der Waals surface area contributed by atoms with Gasteiger partial charge in [-0.25, -0.2) is 0 Å². The Bertz CT molecular complexity index is 1040. The number of aliphatic hydroxyl groups excluding tert-OH is 1. The Kier molecular flexibility index (Phi) is 6.49. The average molecular weight is 448 g/mol. The Balaban J connectivity index is 1.36. The Morgan fingerprint density at radius 1 is 1.06 bits per heavy atom. The molecule has 3 atom stereocenters. The van der Waals surface area contributed by atoms with Crippen molar-refractivity contribution in [2.45, 2.75) is 43.2 Å². The maximum absolute atomic E-state index is 13.1. The number of amides is 1. The van der Waals surface area contributed by atoms with Crippen LogP contribution in [0.4, 0.5) is 0 Å². The summed E-state index contributed by atoms with van der Waals surface area (Å²) in [5, 5.41) is 15.3. The monoisotopic (exact) mass is 447 g/mol. The lowest BCUT2D eigenvalue weighted by atomic mass is 9.74. The molecular weight excluding hydrogens is 414 g/mol. The zero-order valence-electron chi connectivity index (χ0n) is 19.0. The van der Waals surface area contributed by atoms with Crippen LogP contribution in [0.3, 0.4) is 0 Å². The molecule has 0 bridgehead atoms. The fourth-order valence-electron chi connectivity index (χ4n) is 5.59. The summed E-state index contributed by atoms with van der Waals surface area (Å²) < 4.78 is 5.52. The number of aromatic nitrogens is 1. The highest BCUT2D eigenvalue weighted by molar-refractivity contribution is 5.98. The number of morpholine rings is 1. The van der Waals surface area contributed by atoms with Crippen molar-refractivity contribution in [2.75, 3.05) is 32.8 Å². The van der Waals surface area contributed by atoms with Crippen LogP contribution in [0.15, 0.2) is 60.7 Å². The van der Waals surface area contributed by atoms with Gasteiger partial charge in [-0.1, -0.05) is 48.5 Å². The van der Waals surface area contributed by atoms with Gasteiger partial charge in [0.1, 0.15) is 5.69 Å². The molecule has 1 amide bonds. The number of nitrogens with zero attached hydrogens (tertiary/aromatic N) is 1. The molecule has 0 unspecified atom stereocenters. The minimum atomic E-state index is -0.363. The van der Waals surface area contributed by atoms with Crippen molar-refractivity contribution >= 4 is 16.8 Å². The van der Waals surface area contributed by atoms with Crippen molar-refractivity contribution in [1.82, 2.24) is 15.2 Å². The fraction of sp³-hybridized carbons (Fsp3) is 0.444. The van der Waals surface area contributed by atoms with Crippen LogP contribution in [0.5, 0.6) is 0 Å². The van der Waals surface area contributed by atoms with E-state index in [0.29, 0.717) is 12.2 Å². The maximum atomic E-state index is 13.1. The molecule has 1 saturated carbocycles. The third-order valence-corrected chi connectivity index (χ3v) is 7.54. The van der Waals surface area contributed by atoms with Crippen molar-refractivity contribution in [3.63, 3.8) is 0 Å². The van der Waals surface area contributed by atoms with E-state index in [4.69, 9.17) is 4.74 Å². The van der Waals surface area contributed by atoms with Gasteiger partial charge in [0.2, 0.25) is 0 Å². The minimum absolute atomic E-state index is 0.0870. The van der Waals surface area contributed by atoms with Gasteiger partial charge in [0.25, 0.3) is 5.91 Å². The summed E-state index contributed by atoms with van der Waals surface area (Å²) in [4.78, 5) is 18.7. The number of para-hydroxylation sites is 1. The molecule has 2 fully saturated rings. The molecule has 1 aliphatic heterocycles. The van der Waals surface area contributed by atoms with Crippen LogP contribution in [-0.2, 0) is 10.2 Å². The lowest BCUT2D eigenvalue weighted by Crippen LogP contribution is -2.48. The second-order valence-corrected chi connectivity index (χ2v) is 9.46. The van der Waals surface area contributed by atoms with Crippen molar-refractivity contribution < 1.29 is 14.6 Å². The van der Waals surface area contributed by atoms with E-state index in [1.54, 1.807) is 0 Å².